The average molecular weight is 295 g/mol. The third kappa shape index (κ3) is 5.90. The van der Waals surface area contributed by atoms with Crippen molar-refractivity contribution in [1.29, 1.82) is 0 Å². The van der Waals surface area contributed by atoms with E-state index >= 15 is 0 Å². The SMILES string of the molecule is CCCC/C=C/[C@@H](C=O)[C@@H]1CCCN1C(=O)OC(C)(C)C. The number of carbonyl (C=O) groups excluding carboxylic acids is 2. The molecule has 1 rings (SSSR count). The van der Waals surface area contributed by atoms with Crippen molar-refractivity contribution in [1.82, 2.24) is 4.90 Å². The molecule has 1 fully saturated rings. The highest BCUT2D eigenvalue weighted by molar-refractivity contribution is 5.70. The second-order valence-corrected chi connectivity index (χ2v) is 6.67. The molecule has 0 bridgehead atoms. The van der Waals surface area contributed by atoms with Gasteiger partial charge in [-0.05, 0) is 40.0 Å². The Morgan fingerprint density at radius 1 is 1.43 bits per heavy atom. The highest BCUT2D eigenvalue weighted by Crippen LogP contribution is 2.26. The van der Waals surface area contributed by atoms with Crippen LogP contribution in [0.3, 0.4) is 0 Å². The Kier molecular flexibility index (Phi) is 6.93. The van der Waals surface area contributed by atoms with Crippen LogP contribution in [0, 0.1) is 5.92 Å². The zero-order valence-corrected chi connectivity index (χ0v) is 13.8. The quantitative estimate of drug-likeness (QED) is 0.423. The van der Waals surface area contributed by atoms with E-state index in [9.17, 15) is 9.59 Å². The minimum Gasteiger partial charge on any atom is -0.444 e. The number of amides is 1. The normalized spacial score (nSPS) is 20.8. The molecule has 0 unspecified atom stereocenters. The molecule has 0 aromatic rings. The molecule has 1 saturated heterocycles. The first-order valence-electron chi connectivity index (χ1n) is 8.00. The molecule has 120 valence electrons. The minimum absolute atomic E-state index is 0.0600. The predicted molar refractivity (Wildman–Crippen MR) is 84.2 cm³/mol. The largest absolute Gasteiger partial charge is 0.444 e. The van der Waals surface area contributed by atoms with Gasteiger partial charge in [-0.2, -0.15) is 0 Å². The van der Waals surface area contributed by atoms with E-state index in [-0.39, 0.29) is 18.1 Å². The topological polar surface area (TPSA) is 46.6 Å². The van der Waals surface area contributed by atoms with E-state index in [0.717, 1.165) is 38.4 Å². The Morgan fingerprint density at radius 3 is 2.71 bits per heavy atom. The van der Waals surface area contributed by atoms with Crippen LogP contribution < -0.4 is 0 Å². The second-order valence-electron chi connectivity index (χ2n) is 6.67. The summed E-state index contributed by atoms with van der Waals surface area (Å²) in [5.74, 6) is -0.225. The number of hydrogen-bond donors (Lipinski definition) is 0. The lowest BCUT2D eigenvalue weighted by Crippen LogP contribution is -2.43. The van der Waals surface area contributed by atoms with E-state index in [2.05, 4.69) is 13.0 Å². The number of allylic oxidation sites excluding steroid dienone is 1. The van der Waals surface area contributed by atoms with Crippen LogP contribution in [0.1, 0.15) is 59.8 Å². The molecule has 21 heavy (non-hydrogen) atoms. The highest BCUT2D eigenvalue weighted by atomic mass is 16.6. The van der Waals surface area contributed by atoms with Gasteiger partial charge in [0.25, 0.3) is 0 Å². The van der Waals surface area contributed by atoms with Gasteiger partial charge in [0.05, 0.1) is 5.92 Å². The molecule has 0 aromatic heterocycles. The van der Waals surface area contributed by atoms with Crippen LogP contribution in [-0.2, 0) is 9.53 Å². The van der Waals surface area contributed by atoms with Gasteiger partial charge in [-0.1, -0.05) is 31.9 Å². The maximum absolute atomic E-state index is 12.2. The number of likely N-dealkylation sites (tertiary alicyclic amines) is 1. The summed E-state index contributed by atoms with van der Waals surface area (Å²) in [6, 6.07) is -0.0600. The molecule has 0 N–H and O–H groups in total. The molecule has 0 aliphatic carbocycles. The van der Waals surface area contributed by atoms with E-state index in [0.29, 0.717) is 6.54 Å². The molecule has 0 radical (unpaired) electrons. The van der Waals surface area contributed by atoms with Gasteiger partial charge in [0.2, 0.25) is 0 Å². The molecular formula is C17H29NO3. The minimum atomic E-state index is -0.502. The Balaban J connectivity index is 2.67. The van der Waals surface area contributed by atoms with E-state index in [1.165, 1.54) is 0 Å². The number of aldehydes is 1. The lowest BCUT2D eigenvalue weighted by Gasteiger charge is -2.30. The van der Waals surface area contributed by atoms with Crippen molar-refractivity contribution in [3.05, 3.63) is 12.2 Å². The number of nitrogens with zero attached hydrogens (tertiary/aromatic N) is 1. The molecule has 0 saturated carbocycles. The van der Waals surface area contributed by atoms with Crippen molar-refractivity contribution in [2.24, 2.45) is 5.92 Å². The van der Waals surface area contributed by atoms with Crippen LogP contribution in [0.4, 0.5) is 4.79 Å². The number of rotatable bonds is 6. The lowest BCUT2D eigenvalue weighted by atomic mass is 9.98. The van der Waals surface area contributed by atoms with Crippen LogP contribution in [0.25, 0.3) is 0 Å². The molecule has 4 nitrogen and oxygen atoms in total. The smallest absolute Gasteiger partial charge is 0.410 e. The molecule has 0 aromatic carbocycles. The molecular weight excluding hydrogens is 266 g/mol. The maximum Gasteiger partial charge on any atom is 0.410 e. The molecule has 4 heteroatoms. The molecule has 1 amide bonds. The zero-order chi connectivity index (χ0) is 15.9. The molecule has 1 aliphatic rings. The summed E-state index contributed by atoms with van der Waals surface area (Å²) < 4.78 is 5.44. The summed E-state index contributed by atoms with van der Waals surface area (Å²) in [5.41, 5.74) is -0.502. The van der Waals surface area contributed by atoms with Crippen molar-refractivity contribution in [2.45, 2.75) is 71.4 Å². The third-order valence-electron chi connectivity index (χ3n) is 3.61. The first-order valence-corrected chi connectivity index (χ1v) is 8.00. The maximum atomic E-state index is 12.2. The summed E-state index contributed by atoms with van der Waals surface area (Å²) in [5, 5.41) is 0. The fourth-order valence-electron chi connectivity index (χ4n) is 2.58. The van der Waals surface area contributed by atoms with Gasteiger partial charge in [0.1, 0.15) is 11.9 Å². The second kappa shape index (κ2) is 8.20. The van der Waals surface area contributed by atoms with Crippen LogP contribution in [0.5, 0.6) is 0 Å². The Bertz CT molecular complexity index is 371. The van der Waals surface area contributed by atoms with Crippen LogP contribution in [0.2, 0.25) is 0 Å². The zero-order valence-electron chi connectivity index (χ0n) is 13.8. The Labute approximate surface area is 128 Å². The van der Waals surface area contributed by atoms with Crippen molar-refractivity contribution in [3.8, 4) is 0 Å². The summed E-state index contributed by atoms with van der Waals surface area (Å²) >= 11 is 0. The van der Waals surface area contributed by atoms with E-state index in [1.807, 2.05) is 26.8 Å². The Morgan fingerprint density at radius 2 is 2.14 bits per heavy atom. The van der Waals surface area contributed by atoms with Gasteiger partial charge in [0.15, 0.2) is 0 Å². The van der Waals surface area contributed by atoms with Crippen molar-refractivity contribution in [3.63, 3.8) is 0 Å². The lowest BCUT2D eigenvalue weighted by molar-refractivity contribution is -0.111. The average Bonchev–Trinajstić information content (AvgIpc) is 2.86. The highest BCUT2D eigenvalue weighted by Gasteiger charge is 2.35. The van der Waals surface area contributed by atoms with Crippen molar-refractivity contribution in [2.75, 3.05) is 6.54 Å². The molecule has 1 heterocycles. The van der Waals surface area contributed by atoms with Gasteiger partial charge in [-0.3, -0.25) is 0 Å². The van der Waals surface area contributed by atoms with Gasteiger partial charge in [0, 0.05) is 12.6 Å². The number of hydrogen-bond acceptors (Lipinski definition) is 3. The van der Waals surface area contributed by atoms with E-state index in [4.69, 9.17) is 4.74 Å². The third-order valence-corrected chi connectivity index (χ3v) is 3.61. The summed E-state index contributed by atoms with van der Waals surface area (Å²) in [4.78, 5) is 25.3. The first-order chi connectivity index (χ1) is 9.89. The fraction of sp³-hybridized carbons (Fsp3) is 0.765. The number of carbonyl (C=O) groups is 2. The van der Waals surface area contributed by atoms with Gasteiger partial charge in [-0.15, -0.1) is 0 Å². The predicted octanol–water partition coefficient (Wildman–Crippen LogP) is 3.95. The van der Waals surface area contributed by atoms with Gasteiger partial charge < -0.3 is 14.4 Å². The van der Waals surface area contributed by atoms with Crippen molar-refractivity contribution < 1.29 is 14.3 Å². The van der Waals surface area contributed by atoms with Gasteiger partial charge in [-0.25, -0.2) is 4.79 Å². The summed E-state index contributed by atoms with van der Waals surface area (Å²) in [7, 11) is 0. The summed E-state index contributed by atoms with van der Waals surface area (Å²) in [6.45, 7) is 8.40. The molecule has 2 atom stereocenters. The fourth-order valence-corrected chi connectivity index (χ4v) is 2.58. The van der Waals surface area contributed by atoms with Crippen LogP contribution >= 0.6 is 0 Å². The van der Waals surface area contributed by atoms with Gasteiger partial charge >= 0.3 is 6.09 Å². The molecule has 0 spiro atoms. The Hall–Kier alpha value is -1.32. The number of ether oxygens (including phenoxy) is 1. The monoisotopic (exact) mass is 295 g/mol. The molecule has 1 aliphatic heterocycles. The van der Waals surface area contributed by atoms with E-state index < -0.39 is 5.60 Å². The van der Waals surface area contributed by atoms with Crippen molar-refractivity contribution >= 4 is 12.4 Å². The van der Waals surface area contributed by atoms with Crippen LogP contribution in [-0.4, -0.2) is 35.5 Å². The summed E-state index contributed by atoms with van der Waals surface area (Å²) in [6.07, 6.45) is 9.71. The van der Waals surface area contributed by atoms with E-state index in [1.54, 1.807) is 4.90 Å². The number of unbranched alkanes of at least 4 members (excludes halogenated alkanes) is 2. The van der Waals surface area contributed by atoms with Crippen LogP contribution in [0.15, 0.2) is 12.2 Å². The first kappa shape index (κ1) is 17.7. The standard InChI is InChI=1S/C17H29NO3/c1-5-6-7-8-10-14(13-19)15-11-9-12-18(15)16(20)21-17(2,3)4/h8,10,13-15H,5-7,9,11-12H2,1-4H3/b10-8+/t14-,15-/m0/s1.